The van der Waals surface area contributed by atoms with E-state index in [1.165, 1.54) is 0 Å². The fraction of sp³-hybridized carbons (Fsp3) is 0.143. The molecule has 0 saturated heterocycles. The van der Waals surface area contributed by atoms with Crippen molar-refractivity contribution >= 4 is 46.4 Å². The van der Waals surface area contributed by atoms with E-state index in [0.29, 0.717) is 46.7 Å². The van der Waals surface area contributed by atoms with Gasteiger partial charge in [-0.1, -0.05) is 135 Å². The van der Waals surface area contributed by atoms with Gasteiger partial charge in [-0.2, -0.15) is 0 Å². The van der Waals surface area contributed by atoms with Crippen LogP contribution in [0.3, 0.4) is 0 Å². The second-order valence-corrected chi connectivity index (χ2v) is 22.6. The predicted molar refractivity (Wildman–Crippen MR) is 372 cm³/mol. The molecule has 0 saturated carbocycles. The van der Waals surface area contributed by atoms with Crippen molar-refractivity contribution in [2.24, 2.45) is 0 Å². The maximum Gasteiger partial charge on any atom is 0.258 e. The Morgan fingerprint density at radius 1 is 0.272 bits per heavy atom. The number of benzene rings is 10. The summed E-state index contributed by atoms with van der Waals surface area (Å²) in [5.74, 6) is 25.5. The fourth-order valence-corrected chi connectivity index (χ4v) is 10.9. The van der Waals surface area contributed by atoms with E-state index in [9.17, 15) is 19.2 Å². The first kappa shape index (κ1) is 61.9. The molecule has 13 aliphatic rings. The van der Waals surface area contributed by atoms with Crippen LogP contribution >= 0.6 is 0 Å². The van der Waals surface area contributed by atoms with Crippen molar-refractivity contribution in [2.75, 3.05) is 32.7 Å². The Morgan fingerprint density at radius 2 is 0.489 bits per heavy atom. The van der Waals surface area contributed by atoms with Gasteiger partial charge in [-0.3, -0.25) is 19.2 Å². The minimum atomic E-state index is -0.339. The minimum Gasteiger partial charge on any atom is -0.308 e. The van der Waals surface area contributed by atoms with Gasteiger partial charge in [0.2, 0.25) is 0 Å². The van der Waals surface area contributed by atoms with Crippen LogP contribution in [0.1, 0.15) is 163 Å². The number of carbonyl (C=O) groups excluding carboxylic acids is 4. The quantitative estimate of drug-likeness (QED) is 0.128. The number of anilines is 4. The van der Waals surface area contributed by atoms with Crippen molar-refractivity contribution in [3.05, 3.63) is 333 Å². The average Bonchev–Trinajstić information content (AvgIpc) is 3.77. The molecule has 10 aromatic carbocycles. The van der Waals surface area contributed by atoms with Crippen molar-refractivity contribution in [1.82, 2.24) is 0 Å². The Hall–Kier alpha value is -11.7. The summed E-state index contributed by atoms with van der Waals surface area (Å²) in [6.07, 6.45) is 3.46. The van der Waals surface area contributed by atoms with Gasteiger partial charge >= 0.3 is 0 Å². The van der Waals surface area contributed by atoms with E-state index in [1.807, 2.05) is 220 Å². The van der Waals surface area contributed by atoms with Gasteiger partial charge in [0, 0.05) is 103 Å². The summed E-state index contributed by atoms with van der Waals surface area (Å²) in [5, 5.41) is 0. The first-order valence-corrected chi connectivity index (χ1v) is 31.3. The molecule has 0 aromatic heterocycles. The molecular formula is C84H68N4O4. The Morgan fingerprint density at radius 3 is 0.728 bits per heavy atom. The van der Waals surface area contributed by atoms with E-state index in [2.05, 4.69) is 61.2 Å². The number of amides is 4. The molecule has 8 nitrogen and oxygen atoms in total. The summed E-state index contributed by atoms with van der Waals surface area (Å²) < 4.78 is 0. The molecule has 4 amide bonds. The Balaban J connectivity index is 0.904. The summed E-state index contributed by atoms with van der Waals surface area (Å²) in [6.45, 7) is 9.30. The molecule has 448 valence electrons. The zero-order valence-corrected chi connectivity index (χ0v) is 52.1. The molecule has 0 spiro atoms. The number of hydrogen-bond acceptors (Lipinski definition) is 4. The monoisotopic (exact) mass is 1200 g/mol. The molecule has 13 heterocycles. The number of unbranched alkanes of at least 4 members (excludes halogenated alkanes) is 2. The van der Waals surface area contributed by atoms with Gasteiger partial charge in [0.05, 0.1) is 12.1 Å². The van der Waals surface area contributed by atoms with Crippen molar-refractivity contribution in [1.29, 1.82) is 0 Å². The van der Waals surface area contributed by atoms with Gasteiger partial charge in [-0.05, 0) is 232 Å². The molecule has 8 heteroatoms. The van der Waals surface area contributed by atoms with Crippen LogP contribution in [-0.2, 0) is 0 Å². The summed E-state index contributed by atoms with van der Waals surface area (Å²) >= 11 is 0. The SMILES string of the molecule is CCCCN1C(=O)c2ccc(cc2)C(=O)N(CCCC)c2ccc(cc2)C#Cc2ccc(cc2)C#Cc2ccc(cc2)N([C@H](C)c2ccccc2)C(=O)c2ccc(cc2)C(=O)N([C@H](C)c2ccccc2)c2ccc(cc2)C#Cc2ccc(cc2)C#Cc2ccc1cc2. The zero-order valence-electron chi connectivity index (χ0n) is 52.1. The molecule has 0 fully saturated rings. The van der Waals surface area contributed by atoms with Crippen molar-refractivity contribution in [2.45, 2.75) is 65.5 Å². The van der Waals surface area contributed by atoms with Gasteiger partial charge in [0.1, 0.15) is 0 Å². The molecular weight excluding hydrogens is 1130 g/mol. The van der Waals surface area contributed by atoms with Crippen LogP contribution in [-0.4, -0.2) is 36.7 Å². The molecule has 13 aliphatic heterocycles. The van der Waals surface area contributed by atoms with Crippen LogP contribution in [0.25, 0.3) is 0 Å². The highest BCUT2D eigenvalue weighted by Gasteiger charge is 2.28. The van der Waals surface area contributed by atoms with Gasteiger partial charge in [-0.15, -0.1) is 0 Å². The maximum atomic E-state index is 14.9. The Bertz CT molecular complexity index is 4210. The second-order valence-electron chi connectivity index (χ2n) is 22.6. The molecule has 0 unspecified atom stereocenters. The topological polar surface area (TPSA) is 81.2 Å². The van der Waals surface area contributed by atoms with E-state index in [1.54, 1.807) is 68.1 Å². The van der Waals surface area contributed by atoms with Crippen LogP contribution in [0.15, 0.2) is 255 Å². The molecule has 92 heavy (non-hydrogen) atoms. The number of carbonyl (C=O) groups is 4. The van der Waals surface area contributed by atoms with Crippen molar-refractivity contribution in [3.8, 4) is 47.4 Å². The smallest absolute Gasteiger partial charge is 0.258 e. The summed E-state index contributed by atoms with van der Waals surface area (Å²) in [6, 6.07) is 79.5. The lowest BCUT2D eigenvalue weighted by Crippen LogP contribution is -2.34. The van der Waals surface area contributed by atoms with E-state index in [-0.39, 0.29) is 35.7 Å². The normalized spacial score (nSPS) is 13.2. The lowest BCUT2D eigenvalue weighted by Gasteiger charge is -2.31. The van der Waals surface area contributed by atoms with Crippen molar-refractivity contribution in [3.63, 3.8) is 0 Å². The number of nitrogens with zero attached hydrogens (tertiary/aromatic N) is 4. The van der Waals surface area contributed by atoms with Gasteiger partial charge < -0.3 is 19.6 Å². The zero-order chi connectivity index (χ0) is 63.8. The van der Waals surface area contributed by atoms with Gasteiger partial charge in [-0.25, -0.2) is 0 Å². The summed E-state index contributed by atoms with van der Waals surface area (Å²) in [4.78, 5) is 65.4. The van der Waals surface area contributed by atoms with Gasteiger partial charge in [0.15, 0.2) is 0 Å². The fourth-order valence-electron chi connectivity index (χ4n) is 10.9. The first-order chi connectivity index (χ1) is 45.0. The lowest BCUT2D eigenvalue weighted by atomic mass is 10.0. The van der Waals surface area contributed by atoms with E-state index < -0.39 is 0 Å². The van der Waals surface area contributed by atoms with Crippen LogP contribution in [0.5, 0.6) is 0 Å². The van der Waals surface area contributed by atoms with E-state index >= 15 is 0 Å². The highest BCUT2D eigenvalue weighted by molar-refractivity contribution is 6.10. The molecule has 23 rings (SSSR count). The third-order valence-electron chi connectivity index (χ3n) is 16.3. The Kier molecular flexibility index (Phi) is 19.9. The molecule has 10 aromatic rings. The molecule has 0 N–H and O–H groups in total. The standard InChI is InChI=1S/C84H68N4O4/c1-5-7-59-85-77-51-35-67(36-52-77)31-27-63-19-23-65(24-20-63)29-33-69-39-55-79(56-40-69)87(61(3)71-15-11-9-12-16-71)83(91)75-47-49-76(50-48-75)84(92)88(62(4)72-17-13-10-14-18-72)80-57-41-70(42-58-80)34-30-66-25-21-64(22-26-66)28-32-68-37-53-78(54-38-68)86(60-8-6-2)82(90)74-45-43-73(44-46-74)81(85)89/h9-26,35-58,61-62H,5-8,59-60H2,1-4H3/t61-,62-/m1/s1. The van der Waals surface area contributed by atoms with Crippen LogP contribution in [0.2, 0.25) is 0 Å². The summed E-state index contributed by atoms with van der Waals surface area (Å²) in [7, 11) is 0. The highest BCUT2D eigenvalue weighted by atomic mass is 16.2. The molecule has 2 atom stereocenters. The Labute approximate surface area is 540 Å². The maximum absolute atomic E-state index is 14.9. The van der Waals surface area contributed by atoms with E-state index in [4.69, 9.17) is 0 Å². The third kappa shape index (κ3) is 15.1. The van der Waals surface area contributed by atoms with Crippen LogP contribution in [0.4, 0.5) is 22.7 Å². The molecule has 0 radical (unpaired) electrons. The first-order valence-electron chi connectivity index (χ1n) is 31.3. The van der Waals surface area contributed by atoms with Crippen LogP contribution in [0, 0.1) is 47.4 Å². The minimum absolute atomic E-state index is 0.144. The second kappa shape index (κ2) is 29.5. The third-order valence-corrected chi connectivity index (χ3v) is 16.3. The number of rotatable bonds is 10. The average molecular weight is 1200 g/mol. The molecule has 0 aliphatic carbocycles. The largest absolute Gasteiger partial charge is 0.308 e. The molecule has 16 bridgehead atoms. The van der Waals surface area contributed by atoms with Gasteiger partial charge in [0.25, 0.3) is 23.6 Å². The summed E-state index contributed by atoms with van der Waals surface area (Å²) in [5.41, 5.74) is 13.2. The van der Waals surface area contributed by atoms with Crippen LogP contribution < -0.4 is 19.6 Å². The highest BCUT2D eigenvalue weighted by Crippen LogP contribution is 2.33. The van der Waals surface area contributed by atoms with Crippen molar-refractivity contribution < 1.29 is 19.2 Å². The number of hydrogen-bond donors (Lipinski definition) is 0. The van der Waals surface area contributed by atoms with E-state index in [0.717, 1.165) is 92.7 Å². The predicted octanol–water partition coefficient (Wildman–Crippen LogP) is 17.3. The lowest BCUT2D eigenvalue weighted by molar-refractivity contribution is 0.0966.